The van der Waals surface area contributed by atoms with Gasteiger partial charge in [-0.25, -0.2) is 0 Å². The third kappa shape index (κ3) is 2.64. The van der Waals surface area contributed by atoms with Gasteiger partial charge >= 0.3 is 5.97 Å². The van der Waals surface area contributed by atoms with Gasteiger partial charge in [-0.15, -0.1) is 0 Å². The average Bonchev–Trinajstić information content (AvgIpc) is 2.97. The van der Waals surface area contributed by atoms with Crippen LogP contribution in [-0.2, 0) is 16.6 Å². The van der Waals surface area contributed by atoms with Crippen molar-refractivity contribution in [3.63, 3.8) is 0 Å². The smallest absolute Gasteiger partial charge is 0.304 e. The normalized spacial score (nSPS) is 23.4. The minimum atomic E-state index is -0.689. The van der Waals surface area contributed by atoms with E-state index in [4.69, 9.17) is 0 Å². The lowest BCUT2D eigenvalue weighted by Gasteiger charge is -2.39. The molecule has 0 saturated carbocycles. The van der Waals surface area contributed by atoms with Crippen LogP contribution in [0.4, 0.5) is 0 Å². The minimum absolute atomic E-state index is 0.226. The van der Waals surface area contributed by atoms with Crippen LogP contribution < -0.4 is 0 Å². The van der Waals surface area contributed by atoms with Crippen LogP contribution in [0.2, 0.25) is 0 Å². The maximum absolute atomic E-state index is 11.6. The van der Waals surface area contributed by atoms with Crippen LogP contribution in [0.25, 0.3) is 10.9 Å². The Balaban J connectivity index is 2.26. The van der Waals surface area contributed by atoms with E-state index in [0.717, 1.165) is 25.7 Å². The van der Waals surface area contributed by atoms with E-state index in [1.807, 2.05) is 0 Å². The second-order valence-corrected chi connectivity index (χ2v) is 7.34. The van der Waals surface area contributed by atoms with Gasteiger partial charge in [-0.3, -0.25) is 4.79 Å². The lowest BCUT2D eigenvalue weighted by Crippen LogP contribution is -2.34. The molecule has 130 valence electrons. The first-order chi connectivity index (χ1) is 11.6. The van der Waals surface area contributed by atoms with E-state index in [1.54, 1.807) is 0 Å². The molecular formula is C21H29NO2. The highest BCUT2D eigenvalue weighted by Crippen LogP contribution is 2.50. The Hall–Kier alpha value is -1.77. The van der Waals surface area contributed by atoms with Crippen molar-refractivity contribution in [2.75, 3.05) is 0 Å². The standard InChI is InChI=1S/C21H29NO2/c1-4-8-15-11-12-21(6-3,13-17(23)24)20-18(15)16-10-7-9-14(5-2)19(16)22-20/h7,9-10,15,22H,4-6,8,11-13H2,1-3H3,(H,23,24)/t15-,21?/m0/s1. The van der Waals surface area contributed by atoms with E-state index < -0.39 is 5.97 Å². The number of nitrogens with one attached hydrogen (secondary N) is 1. The zero-order valence-electron chi connectivity index (χ0n) is 15.1. The maximum Gasteiger partial charge on any atom is 0.304 e. The highest BCUT2D eigenvalue weighted by atomic mass is 16.4. The van der Waals surface area contributed by atoms with Gasteiger partial charge in [0.15, 0.2) is 0 Å². The number of carboxylic acids is 1. The summed E-state index contributed by atoms with van der Waals surface area (Å²) in [6.07, 6.45) is 6.52. The largest absolute Gasteiger partial charge is 0.481 e. The molecule has 1 aromatic carbocycles. The Morgan fingerprint density at radius 1 is 1.33 bits per heavy atom. The molecule has 1 heterocycles. The first-order valence-electron chi connectivity index (χ1n) is 9.42. The van der Waals surface area contributed by atoms with Crippen molar-refractivity contribution in [1.82, 2.24) is 4.98 Å². The number of aromatic amines is 1. The first kappa shape index (κ1) is 17.1. The molecule has 0 aliphatic heterocycles. The van der Waals surface area contributed by atoms with Gasteiger partial charge in [0.05, 0.1) is 6.42 Å². The van der Waals surface area contributed by atoms with E-state index in [9.17, 15) is 9.90 Å². The van der Waals surface area contributed by atoms with Gasteiger partial charge < -0.3 is 10.1 Å². The van der Waals surface area contributed by atoms with Crippen molar-refractivity contribution >= 4 is 16.9 Å². The fraction of sp³-hybridized carbons (Fsp3) is 0.571. The molecule has 2 atom stereocenters. The molecular weight excluding hydrogens is 298 g/mol. The summed E-state index contributed by atoms with van der Waals surface area (Å²) in [5.74, 6) is -0.134. The lowest BCUT2D eigenvalue weighted by atomic mass is 9.65. The highest BCUT2D eigenvalue weighted by Gasteiger charge is 2.42. The number of aryl methyl sites for hydroxylation is 1. The van der Waals surface area contributed by atoms with Crippen molar-refractivity contribution in [2.24, 2.45) is 0 Å². The van der Waals surface area contributed by atoms with Gasteiger partial charge in [-0.1, -0.05) is 45.4 Å². The Morgan fingerprint density at radius 2 is 2.12 bits per heavy atom. The predicted molar refractivity (Wildman–Crippen MR) is 98.8 cm³/mol. The van der Waals surface area contributed by atoms with Crippen LogP contribution in [-0.4, -0.2) is 16.1 Å². The molecule has 2 N–H and O–H groups in total. The van der Waals surface area contributed by atoms with Crippen LogP contribution in [0.3, 0.4) is 0 Å². The maximum atomic E-state index is 11.6. The second-order valence-electron chi connectivity index (χ2n) is 7.34. The molecule has 1 unspecified atom stereocenters. The SMILES string of the molecule is CCC[C@H]1CCC(CC)(CC(=O)O)c2[nH]c3c(CC)cccc3c21. The van der Waals surface area contributed by atoms with Crippen molar-refractivity contribution in [3.05, 3.63) is 35.0 Å². The summed E-state index contributed by atoms with van der Waals surface area (Å²) in [6, 6.07) is 6.56. The van der Waals surface area contributed by atoms with E-state index in [0.29, 0.717) is 5.92 Å². The zero-order chi connectivity index (χ0) is 17.3. The van der Waals surface area contributed by atoms with Crippen molar-refractivity contribution < 1.29 is 9.90 Å². The quantitative estimate of drug-likeness (QED) is 0.733. The van der Waals surface area contributed by atoms with Crippen LogP contribution in [0.1, 0.15) is 82.0 Å². The number of carbonyl (C=O) groups is 1. The molecule has 1 aliphatic carbocycles. The first-order valence-corrected chi connectivity index (χ1v) is 9.42. The molecule has 0 amide bonds. The molecule has 3 rings (SSSR count). The Morgan fingerprint density at radius 3 is 2.75 bits per heavy atom. The number of fused-ring (bicyclic) bond motifs is 3. The van der Waals surface area contributed by atoms with Crippen molar-refractivity contribution in [2.45, 2.75) is 77.0 Å². The second kappa shape index (κ2) is 6.62. The van der Waals surface area contributed by atoms with E-state index in [2.05, 4.69) is 44.0 Å². The zero-order valence-corrected chi connectivity index (χ0v) is 15.1. The van der Waals surface area contributed by atoms with E-state index in [1.165, 1.54) is 40.6 Å². The molecule has 2 aromatic rings. The molecule has 0 bridgehead atoms. The van der Waals surface area contributed by atoms with Crippen molar-refractivity contribution in [3.8, 4) is 0 Å². The van der Waals surface area contributed by atoms with Gasteiger partial charge in [-0.2, -0.15) is 0 Å². The Bertz CT molecular complexity index is 746. The third-order valence-corrected chi connectivity index (χ3v) is 6.05. The summed E-state index contributed by atoms with van der Waals surface area (Å²) in [4.78, 5) is 15.3. The average molecular weight is 327 g/mol. The summed E-state index contributed by atoms with van der Waals surface area (Å²) in [5, 5.41) is 10.8. The van der Waals surface area contributed by atoms with Gasteiger partial charge in [0, 0.05) is 22.0 Å². The number of benzene rings is 1. The molecule has 1 aromatic heterocycles. The molecule has 0 spiro atoms. The number of hydrogen-bond donors (Lipinski definition) is 2. The van der Waals surface area contributed by atoms with Gasteiger partial charge in [0.1, 0.15) is 0 Å². The summed E-state index contributed by atoms with van der Waals surface area (Å²) < 4.78 is 0. The minimum Gasteiger partial charge on any atom is -0.481 e. The third-order valence-electron chi connectivity index (χ3n) is 6.05. The topological polar surface area (TPSA) is 53.1 Å². The van der Waals surface area contributed by atoms with E-state index >= 15 is 0 Å². The predicted octanol–water partition coefficient (Wildman–Crippen LogP) is 5.53. The van der Waals surface area contributed by atoms with Gasteiger partial charge in [0.2, 0.25) is 0 Å². The molecule has 0 fully saturated rings. The fourth-order valence-corrected chi connectivity index (χ4v) is 4.74. The molecule has 3 nitrogen and oxygen atoms in total. The number of hydrogen-bond acceptors (Lipinski definition) is 1. The summed E-state index contributed by atoms with van der Waals surface area (Å²) >= 11 is 0. The monoisotopic (exact) mass is 327 g/mol. The molecule has 1 aliphatic rings. The Kier molecular flexibility index (Phi) is 4.71. The Labute approximate surface area is 144 Å². The number of H-pyrrole nitrogens is 1. The summed E-state index contributed by atoms with van der Waals surface area (Å²) in [7, 11) is 0. The van der Waals surface area contributed by atoms with Crippen LogP contribution in [0.5, 0.6) is 0 Å². The number of rotatable bonds is 6. The van der Waals surface area contributed by atoms with Crippen LogP contribution in [0.15, 0.2) is 18.2 Å². The van der Waals surface area contributed by atoms with Crippen molar-refractivity contribution in [1.29, 1.82) is 0 Å². The number of aromatic nitrogens is 1. The molecule has 0 saturated heterocycles. The van der Waals surface area contributed by atoms with Gasteiger partial charge in [0.25, 0.3) is 0 Å². The van der Waals surface area contributed by atoms with E-state index in [-0.39, 0.29) is 11.8 Å². The number of para-hydroxylation sites is 1. The molecule has 0 radical (unpaired) electrons. The van der Waals surface area contributed by atoms with Gasteiger partial charge in [-0.05, 0) is 49.1 Å². The lowest BCUT2D eigenvalue weighted by molar-refractivity contribution is -0.138. The fourth-order valence-electron chi connectivity index (χ4n) is 4.74. The highest BCUT2D eigenvalue weighted by molar-refractivity contribution is 5.89. The van der Waals surface area contributed by atoms with Crippen LogP contribution >= 0.6 is 0 Å². The molecule has 3 heteroatoms. The summed E-state index contributed by atoms with van der Waals surface area (Å²) in [6.45, 7) is 6.56. The van der Waals surface area contributed by atoms with Crippen LogP contribution in [0, 0.1) is 0 Å². The summed E-state index contributed by atoms with van der Waals surface area (Å²) in [5.41, 5.74) is 4.95. The number of aliphatic carboxylic acids is 1. The number of carboxylic acid groups (broad SMARTS) is 1. The molecule has 24 heavy (non-hydrogen) atoms.